The smallest absolute Gasteiger partial charge is 0.251 e. The number of hydrogen-bond donors (Lipinski definition) is 3. The van der Waals surface area contributed by atoms with Gasteiger partial charge in [0.25, 0.3) is 5.91 Å². The number of H-pyrrole nitrogens is 1. The number of carbonyl (C=O) groups is 1. The van der Waals surface area contributed by atoms with Crippen LogP contribution in [0.4, 0.5) is 10.2 Å². The first-order valence-electron chi connectivity index (χ1n) is 8.53. The van der Waals surface area contributed by atoms with E-state index in [0.29, 0.717) is 17.0 Å². The number of hydrogen-bond acceptors (Lipinski definition) is 5. The second kappa shape index (κ2) is 7.53. The maximum absolute atomic E-state index is 13.6. The fourth-order valence-corrected chi connectivity index (χ4v) is 3.03. The predicted molar refractivity (Wildman–Crippen MR) is 101 cm³/mol. The molecule has 0 spiro atoms. The largest absolute Gasteiger partial charge is 0.371 e. The van der Waals surface area contributed by atoms with Crippen LogP contribution in [0.3, 0.4) is 0 Å². The highest BCUT2D eigenvalue weighted by atomic mass is 19.1. The molecule has 1 amide bonds. The number of amides is 1. The summed E-state index contributed by atoms with van der Waals surface area (Å²) in [6.45, 7) is 5.73. The first-order chi connectivity index (χ1) is 12.9. The second-order valence-electron chi connectivity index (χ2n) is 6.26. The third kappa shape index (κ3) is 3.79. The van der Waals surface area contributed by atoms with Gasteiger partial charge >= 0.3 is 0 Å². The Morgan fingerprint density at radius 2 is 2.07 bits per heavy atom. The summed E-state index contributed by atoms with van der Waals surface area (Å²) < 4.78 is 13.6. The minimum atomic E-state index is -0.533. The Hall–Kier alpha value is -3.29. The summed E-state index contributed by atoms with van der Waals surface area (Å²) in [5.41, 5.74) is 3.85. The molecule has 0 aliphatic rings. The number of nitrogens with zero attached hydrogens (tertiary/aromatic N) is 3. The van der Waals surface area contributed by atoms with Gasteiger partial charge in [0.2, 0.25) is 0 Å². The first kappa shape index (κ1) is 18.5. The standard InChI is InChI=1S/C19H21FN6O/c1-10(16-11(2)25-26-12(16)3)23-19(27)14-7-5-6-13(8-14)17-22-9-15(20)18(21-4)24-17/h5-10H,1-4H3,(H,23,27)(H,25,26)(H,21,22,24). The van der Waals surface area contributed by atoms with E-state index in [9.17, 15) is 9.18 Å². The van der Waals surface area contributed by atoms with Gasteiger partial charge in [-0.05, 0) is 32.9 Å². The number of benzene rings is 1. The summed E-state index contributed by atoms with van der Waals surface area (Å²) in [5.74, 6) is -0.311. The number of carbonyl (C=O) groups excluding carboxylic acids is 1. The summed E-state index contributed by atoms with van der Waals surface area (Å²) in [6.07, 6.45) is 1.10. The van der Waals surface area contributed by atoms with Crippen molar-refractivity contribution in [3.05, 3.63) is 58.8 Å². The summed E-state index contributed by atoms with van der Waals surface area (Å²) in [4.78, 5) is 20.8. The SMILES string of the molecule is CNc1nc(-c2cccc(C(=O)NC(C)c3c(C)n[nH]c3C)c2)ncc1F. The molecule has 0 saturated heterocycles. The number of rotatable bonds is 5. The van der Waals surface area contributed by atoms with Crippen molar-refractivity contribution in [1.82, 2.24) is 25.5 Å². The van der Waals surface area contributed by atoms with E-state index in [1.54, 1.807) is 31.3 Å². The number of aryl methyl sites for hydroxylation is 2. The van der Waals surface area contributed by atoms with Gasteiger partial charge in [-0.1, -0.05) is 12.1 Å². The fraction of sp³-hybridized carbons (Fsp3) is 0.263. The first-order valence-corrected chi connectivity index (χ1v) is 8.53. The molecule has 27 heavy (non-hydrogen) atoms. The fourth-order valence-electron chi connectivity index (χ4n) is 3.03. The molecule has 3 rings (SSSR count). The Bertz CT molecular complexity index is 965. The van der Waals surface area contributed by atoms with Crippen LogP contribution in [0, 0.1) is 19.7 Å². The van der Waals surface area contributed by atoms with Gasteiger partial charge in [-0.25, -0.2) is 14.4 Å². The van der Waals surface area contributed by atoms with Crippen LogP contribution in [-0.4, -0.2) is 33.1 Å². The zero-order chi connectivity index (χ0) is 19.6. The molecule has 8 heteroatoms. The van der Waals surface area contributed by atoms with Crippen LogP contribution in [-0.2, 0) is 0 Å². The molecule has 2 heterocycles. The van der Waals surface area contributed by atoms with E-state index in [1.807, 2.05) is 20.8 Å². The van der Waals surface area contributed by atoms with Crippen LogP contribution in [0.25, 0.3) is 11.4 Å². The van der Waals surface area contributed by atoms with E-state index < -0.39 is 5.82 Å². The van der Waals surface area contributed by atoms with Crippen molar-refractivity contribution < 1.29 is 9.18 Å². The highest BCUT2D eigenvalue weighted by molar-refractivity contribution is 5.95. The van der Waals surface area contributed by atoms with Crippen LogP contribution in [0.1, 0.15) is 40.3 Å². The number of aromatic amines is 1. The predicted octanol–water partition coefficient (Wildman–Crippen LogP) is 3.16. The van der Waals surface area contributed by atoms with Crippen molar-refractivity contribution in [3.63, 3.8) is 0 Å². The van der Waals surface area contributed by atoms with E-state index in [4.69, 9.17) is 0 Å². The third-order valence-corrected chi connectivity index (χ3v) is 4.33. The Morgan fingerprint density at radius 1 is 1.30 bits per heavy atom. The zero-order valence-corrected chi connectivity index (χ0v) is 15.6. The van der Waals surface area contributed by atoms with Gasteiger partial charge in [-0.2, -0.15) is 5.10 Å². The van der Waals surface area contributed by atoms with Gasteiger partial charge in [-0.15, -0.1) is 0 Å². The molecule has 0 bridgehead atoms. The minimum absolute atomic E-state index is 0.106. The molecule has 0 aliphatic heterocycles. The number of nitrogens with one attached hydrogen (secondary N) is 3. The maximum atomic E-state index is 13.6. The van der Waals surface area contributed by atoms with E-state index in [-0.39, 0.29) is 17.8 Å². The Balaban J connectivity index is 1.84. The lowest BCUT2D eigenvalue weighted by Crippen LogP contribution is -2.27. The van der Waals surface area contributed by atoms with E-state index in [2.05, 4.69) is 30.8 Å². The lowest BCUT2D eigenvalue weighted by molar-refractivity contribution is 0.0940. The Labute approximate surface area is 156 Å². The molecular formula is C19H21FN6O. The molecule has 1 atom stereocenters. The molecule has 3 aromatic rings. The average Bonchev–Trinajstić information content (AvgIpc) is 3.00. The third-order valence-electron chi connectivity index (χ3n) is 4.33. The van der Waals surface area contributed by atoms with Crippen LogP contribution in [0.15, 0.2) is 30.5 Å². The molecule has 0 saturated carbocycles. The number of anilines is 1. The van der Waals surface area contributed by atoms with Crippen LogP contribution in [0.2, 0.25) is 0 Å². The van der Waals surface area contributed by atoms with Crippen LogP contribution < -0.4 is 10.6 Å². The van der Waals surface area contributed by atoms with Gasteiger partial charge in [0.15, 0.2) is 17.5 Å². The summed E-state index contributed by atoms with van der Waals surface area (Å²) >= 11 is 0. The van der Waals surface area contributed by atoms with Crippen molar-refractivity contribution in [2.75, 3.05) is 12.4 Å². The summed E-state index contributed by atoms with van der Waals surface area (Å²) in [6, 6.07) is 6.72. The molecule has 2 aromatic heterocycles. The van der Waals surface area contributed by atoms with Crippen LogP contribution >= 0.6 is 0 Å². The van der Waals surface area contributed by atoms with E-state index in [1.165, 1.54) is 0 Å². The highest BCUT2D eigenvalue weighted by Gasteiger charge is 2.18. The molecular weight excluding hydrogens is 347 g/mol. The van der Waals surface area contributed by atoms with Crippen LogP contribution in [0.5, 0.6) is 0 Å². The second-order valence-corrected chi connectivity index (χ2v) is 6.26. The highest BCUT2D eigenvalue weighted by Crippen LogP contribution is 2.22. The maximum Gasteiger partial charge on any atom is 0.251 e. The quantitative estimate of drug-likeness (QED) is 0.643. The molecule has 0 fully saturated rings. The molecule has 1 aromatic carbocycles. The Kier molecular flexibility index (Phi) is 5.16. The van der Waals surface area contributed by atoms with E-state index >= 15 is 0 Å². The molecule has 7 nitrogen and oxygen atoms in total. The number of aromatic nitrogens is 4. The minimum Gasteiger partial charge on any atom is -0.371 e. The average molecular weight is 368 g/mol. The van der Waals surface area contributed by atoms with Crippen molar-refractivity contribution in [2.45, 2.75) is 26.8 Å². The molecule has 0 radical (unpaired) electrons. The van der Waals surface area contributed by atoms with E-state index in [0.717, 1.165) is 23.1 Å². The van der Waals surface area contributed by atoms with Crippen molar-refractivity contribution in [1.29, 1.82) is 0 Å². The van der Waals surface area contributed by atoms with Gasteiger partial charge in [0, 0.05) is 29.4 Å². The van der Waals surface area contributed by atoms with Crippen molar-refractivity contribution in [2.24, 2.45) is 0 Å². The molecule has 140 valence electrons. The zero-order valence-electron chi connectivity index (χ0n) is 15.6. The van der Waals surface area contributed by atoms with Gasteiger partial charge in [0.05, 0.1) is 17.9 Å². The monoisotopic (exact) mass is 368 g/mol. The normalized spacial score (nSPS) is 11.9. The summed E-state index contributed by atoms with van der Waals surface area (Å²) in [5, 5.41) is 12.7. The molecule has 0 aliphatic carbocycles. The van der Waals surface area contributed by atoms with Gasteiger partial charge < -0.3 is 10.6 Å². The summed E-state index contributed by atoms with van der Waals surface area (Å²) in [7, 11) is 1.58. The van der Waals surface area contributed by atoms with Gasteiger partial charge in [0.1, 0.15) is 0 Å². The van der Waals surface area contributed by atoms with Gasteiger partial charge in [-0.3, -0.25) is 9.89 Å². The molecule has 1 unspecified atom stereocenters. The Morgan fingerprint density at radius 3 is 2.74 bits per heavy atom. The van der Waals surface area contributed by atoms with Crippen molar-refractivity contribution >= 4 is 11.7 Å². The lowest BCUT2D eigenvalue weighted by atomic mass is 10.1. The lowest BCUT2D eigenvalue weighted by Gasteiger charge is -2.15. The van der Waals surface area contributed by atoms with Crippen molar-refractivity contribution in [3.8, 4) is 11.4 Å². The number of halogens is 1. The topological polar surface area (TPSA) is 95.6 Å². The molecule has 3 N–H and O–H groups in total.